The summed E-state index contributed by atoms with van der Waals surface area (Å²) in [5.74, 6) is -0.453. The lowest BCUT2D eigenvalue weighted by atomic mass is 10.2. The third-order valence-electron chi connectivity index (χ3n) is 4.40. The number of nitrogens with zero attached hydrogens (tertiary/aromatic N) is 2. The molecule has 140 valence electrons. The summed E-state index contributed by atoms with van der Waals surface area (Å²) in [5, 5.41) is 2.79. The molecule has 0 radical (unpaired) electrons. The van der Waals surface area contributed by atoms with Crippen molar-refractivity contribution in [1.82, 2.24) is 10.2 Å². The fourth-order valence-corrected chi connectivity index (χ4v) is 3.17. The van der Waals surface area contributed by atoms with Gasteiger partial charge in [0, 0.05) is 32.1 Å². The highest BCUT2D eigenvalue weighted by Gasteiger charge is 2.32. The minimum absolute atomic E-state index is 0.0255. The maximum absolute atomic E-state index is 12.6. The van der Waals surface area contributed by atoms with Gasteiger partial charge in [-0.1, -0.05) is 36.4 Å². The SMILES string of the molecule is CC(=O)N(C(=O)NC1CC(=O)N(Cc2ccccc2)C1)c1cccc(N)c1. The summed E-state index contributed by atoms with van der Waals surface area (Å²) < 4.78 is 0. The minimum Gasteiger partial charge on any atom is -0.399 e. The second-order valence-electron chi connectivity index (χ2n) is 6.56. The smallest absolute Gasteiger partial charge is 0.329 e. The molecule has 1 fully saturated rings. The van der Waals surface area contributed by atoms with Gasteiger partial charge in [-0.05, 0) is 23.8 Å². The van der Waals surface area contributed by atoms with Crippen molar-refractivity contribution in [2.45, 2.75) is 25.9 Å². The van der Waals surface area contributed by atoms with E-state index in [0.29, 0.717) is 24.5 Å². The number of nitrogens with one attached hydrogen (secondary N) is 1. The average molecular weight is 366 g/mol. The summed E-state index contributed by atoms with van der Waals surface area (Å²) in [4.78, 5) is 39.6. The molecule has 1 heterocycles. The van der Waals surface area contributed by atoms with Crippen LogP contribution in [0.4, 0.5) is 16.2 Å². The quantitative estimate of drug-likeness (QED) is 0.810. The molecule has 1 saturated heterocycles. The van der Waals surface area contributed by atoms with Gasteiger partial charge in [-0.3, -0.25) is 9.59 Å². The molecule has 1 unspecified atom stereocenters. The number of hydrogen-bond donors (Lipinski definition) is 2. The molecule has 1 aliphatic rings. The Morgan fingerprint density at radius 2 is 1.93 bits per heavy atom. The summed E-state index contributed by atoms with van der Waals surface area (Å²) in [7, 11) is 0. The van der Waals surface area contributed by atoms with Crippen molar-refractivity contribution < 1.29 is 14.4 Å². The fourth-order valence-electron chi connectivity index (χ4n) is 3.17. The van der Waals surface area contributed by atoms with E-state index in [-0.39, 0.29) is 18.4 Å². The predicted octanol–water partition coefficient (Wildman–Crippen LogP) is 2.13. The first-order chi connectivity index (χ1) is 12.9. The van der Waals surface area contributed by atoms with Crippen LogP contribution in [0.2, 0.25) is 0 Å². The van der Waals surface area contributed by atoms with Crippen LogP contribution in [0.25, 0.3) is 0 Å². The van der Waals surface area contributed by atoms with Crippen LogP contribution in [-0.4, -0.2) is 35.3 Å². The number of rotatable bonds is 4. The van der Waals surface area contributed by atoms with Gasteiger partial charge in [0.25, 0.3) is 0 Å². The molecule has 27 heavy (non-hydrogen) atoms. The van der Waals surface area contributed by atoms with Crippen molar-refractivity contribution in [2.75, 3.05) is 17.2 Å². The number of anilines is 2. The van der Waals surface area contributed by atoms with E-state index in [0.717, 1.165) is 10.5 Å². The Labute approximate surface area is 157 Å². The van der Waals surface area contributed by atoms with Gasteiger partial charge in [-0.25, -0.2) is 9.69 Å². The first-order valence-electron chi connectivity index (χ1n) is 8.72. The van der Waals surface area contributed by atoms with Gasteiger partial charge in [-0.15, -0.1) is 0 Å². The molecule has 3 rings (SSSR count). The summed E-state index contributed by atoms with van der Waals surface area (Å²) in [5.41, 5.74) is 7.63. The highest BCUT2D eigenvalue weighted by atomic mass is 16.2. The van der Waals surface area contributed by atoms with E-state index in [4.69, 9.17) is 5.73 Å². The maximum Gasteiger partial charge on any atom is 0.329 e. The highest BCUT2D eigenvalue weighted by Crippen LogP contribution is 2.20. The molecule has 2 aromatic carbocycles. The van der Waals surface area contributed by atoms with Gasteiger partial charge in [0.1, 0.15) is 0 Å². The predicted molar refractivity (Wildman–Crippen MR) is 103 cm³/mol. The molecule has 2 aromatic rings. The molecule has 1 atom stereocenters. The molecule has 0 saturated carbocycles. The van der Waals surface area contributed by atoms with E-state index in [9.17, 15) is 14.4 Å². The van der Waals surface area contributed by atoms with Gasteiger partial charge in [0.2, 0.25) is 11.8 Å². The summed E-state index contributed by atoms with van der Waals surface area (Å²) in [6.07, 6.45) is 0.210. The average Bonchev–Trinajstić information content (AvgIpc) is 2.94. The second kappa shape index (κ2) is 7.90. The van der Waals surface area contributed by atoms with E-state index < -0.39 is 11.9 Å². The molecule has 7 heteroatoms. The lowest BCUT2D eigenvalue weighted by Gasteiger charge is -2.23. The van der Waals surface area contributed by atoms with Crippen LogP contribution in [-0.2, 0) is 16.1 Å². The lowest BCUT2D eigenvalue weighted by molar-refractivity contribution is -0.128. The molecule has 0 aliphatic carbocycles. The van der Waals surface area contributed by atoms with Gasteiger partial charge in [0.05, 0.1) is 11.7 Å². The van der Waals surface area contributed by atoms with Crippen LogP contribution in [0, 0.1) is 0 Å². The van der Waals surface area contributed by atoms with E-state index in [1.807, 2.05) is 30.3 Å². The highest BCUT2D eigenvalue weighted by molar-refractivity contribution is 6.13. The van der Waals surface area contributed by atoms with Crippen molar-refractivity contribution in [3.05, 3.63) is 60.2 Å². The van der Waals surface area contributed by atoms with Crippen molar-refractivity contribution in [3.63, 3.8) is 0 Å². The van der Waals surface area contributed by atoms with Gasteiger partial charge < -0.3 is 16.0 Å². The molecule has 3 N–H and O–H groups in total. The van der Waals surface area contributed by atoms with Crippen LogP contribution in [0.1, 0.15) is 18.9 Å². The molecule has 0 bridgehead atoms. The van der Waals surface area contributed by atoms with Crippen molar-refractivity contribution in [2.24, 2.45) is 0 Å². The van der Waals surface area contributed by atoms with E-state index >= 15 is 0 Å². The van der Waals surface area contributed by atoms with Crippen molar-refractivity contribution in [1.29, 1.82) is 0 Å². The number of benzene rings is 2. The molecule has 0 spiro atoms. The summed E-state index contributed by atoms with van der Waals surface area (Å²) in [6, 6.07) is 15.3. The Kier molecular flexibility index (Phi) is 5.40. The Bertz CT molecular complexity index is 853. The van der Waals surface area contributed by atoms with Crippen LogP contribution >= 0.6 is 0 Å². The fraction of sp³-hybridized carbons (Fsp3) is 0.250. The van der Waals surface area contributed by atoms with Crippen LogP contribution < -0.4 is 16.0 Å². The van der Waals surface area contributed by atoms with Crippen LogP contribution in [0.3, 0.4) is 0 Å². The normalized spacial score (nSPS) is 16.3. The number of nitrogen functional groups attached to an aromatic ring is 1. The zero-order valence-corrected chi connectivity index (χ0v) is 15.1. The largest absolute Gasteiger partial charge is 0.399 e. The van der Waals surface area contributed by atoms with Crippen molar-refractivity contribution in [3.8, 4) is 0 Å². The lowest BCUT2D eigenvalue weighted by Crippen LogP contribution is -2.47. The Morgan fingerprint density at radius 1 is 1.19 bits per heavy atom. The second-order valence-corrected chi connectivity index (χ2v) is 6.56. The molecular weight excluding hydrogens is 344 g/mol. The Morgan fingerprint density at radius 3 is 2.59 bits per heavy atom. The van der Waals surface area contributed by atoms with E-state index in [1.165, 1.54) is 6.92 Å². The standard InChI is InChI=1S/C20H22N4O3/c1-14(25)24(18-9-5-8-16(21)10-18)20(27)22-17-11-19(26)23(13-17)12-15-6-3-2-4-7-15/h2-10,17H,11-13,21H2,1H3,(H,22,27). The zero-order valence-electron chi connectivity index (χ0n) is 15.1. The Hall–Kier alpha value is -3.35. The number of likely N-dealkylation sites (tertiary alicyclic amines) is 1. The molecule has 4 amide bonds. The first kappa shape index (κ1) is 18.4. The Balaban J connectivity index is 1.66. The maximum atomic E-state index is 12.6. The number of imide groups is 1. The van der Waals surface area contributed by atoms with Gasteiger partial charge in [-0.2, -0.15) is 0 Å². The minimum atomic E-state index is -0.563. The number of nitrogens with two attached hydrogens (primary N) is 1. The number of hydrogen-bond acceptors (Lipinski definition) is 4. The van der Waals surface area contributed by atoms with Crippen LogP contribution in [0.15, 0.2) is 54.6 Å². The third-order valence-corrected chi connectivity index (χ3v) is 4.40. The summed E-state index contributed by atoms with van der Waals surface area (Å²) >= 11 is 0. The molecule has 1 aliphatic heterocycles. The van der Waals surface area contributed by atoms with Crippen LogP contribution in [0.5, 0.6) is 0 Å². The molecule has 7 nitrogen and oxygen atoms in total. The third kappa shape index (κ3) is 4.44. The first-order valence-corrected chi connectivity index (χ1v) is 8.72. The topological polar surface area (TPSA) is 95.7 Å². The van der Waals surface area contributed by atoms with Gasteiger partial charge >= 0.3 is 6.03 Å². The number of urea groups is 1. The number of carbonyl (C=O) groups is 3. The summed E-state index contributed by atoms with van der Waals surface area (Å²) in [6.45, 7) is 2.21. The number of amides is 4. The molecule has 0 aromatic heterocycles. The van der Waals surface area contributed by atoms with Gasteiger partial charge in [0.15, 0.2) is 0 Å². The monoisotopic (exact) mass is 366 g/mol. The van der Waals surface area contributed by atoms with E-state index in [2.05, 4.69) is 5.32 Å². The van der Waals surface area contributed by atoms with E-state index in [1.54, 1.807) is 29.2 Å². The van der Waals surface area contributed by atoms with Crippen molar-refractivity contribution >= 4 is 29.2 Å². The number of carbonyl (C=O) groups excluding carboxylic acids is 3. The zero-order chi connectivity index (χ0) is 19.4. The molecular formula is C20H22N4O3.